The van der Waals surface area contributed by atoms with Crippen molar-refractivity contribution in [3.8, 4) is 0 Å². The third-order valence-electron chi connectivity index (χ3n) is 3.82. The van der Waals surface area contributed by atoms with Gasteiger partial charge in [-0.05, 0) is 51.2 Å². The van der Waals surface area contributed by atoms with E-state index in [0.29, 0.717) is 0 Å². The molecule has 1 aliphatic carbocycles. The van der Waals surface area contributed by atoms with E-state index >= 15 is 0 Å². The highest BCUT2D eigenvalue weighted by Gasteiger charge is 2.26. The van der Waals surface area contributed by atoms with Crippen LogP contribution in [0.4, 0.5) is 0 Å². The summed E-state index contributed by atoms with van der Waals surface area (Å²) in [6, 6.07) is 0.929. The predicted molar refractivity (Wildman–Crippen MR) is 70.1 cm³/mol. The molecule has 2 nitrogen and oxygen atoms in total. The van der Waals surface area contributed by atoms with Crippen LogP contribution in [0.2, 0.25) is 0 Å². The number of hydrogen-bond acceptors (Lipinski definition) is 2. The number of hydrogen-bond donors (Lipinski definition) is 1. The molecule has 2 rings (SSSR count). The van der Waals surface area contributed by atoms with E-state index in [9.17, 15) is 0 Å². The van der Waals surface area contributed by atoms with Crippen molar-refractivity contribution in [2.45, 2.75) is 44.6 Å². The zero-order valence-corrected chi connectivity index (χ0v) is 11.0. The highest BCUT2D eigenvalue weighted by atomic mass is 35.5. The maximum Gasteiger partial charge on any atom is 0.00952 e. The second kappa shape index (κ2) is 7.72. The molecule has 1 saturated heterocycles. The Morgan fingerprint density at radius 3 is 1.93 bits per heavy atom. The Morgan fingerprint density at radius 2 is 1.47 bits per heavy atom. The van der Waals surface area contributed by atoms with Crippen molar-refractivity contribution in [1.82, 2.24) is 4.90 Å². The third-order valence-corrected chi connectivity index (χ3v) is 3.82. The van der Waals surface area contributed by atoms with E-state index in [0.717, 1.165) is 18.5 Å². The van der Waals surface area contributed by atoms with Crippen molar-refractivity contribution in [1.29, 1.82) is 0 Å². The van der Waals surface area contributed by atoms with Crippen LogP contribution in [-0.4, -0.2) is 30.6 Å². The monoisotopic (exact) mass is 254 g/mol. The van der Waals surface area contributed by atoms with Gasteiger partial charge < -0.3 is 10.6 Å². The van der Waals surface area contributed by atoms with Crippen LogP contribution in [0.3, 0.4) is 0 Å². The first-order valence-electron chi connectivity index (χ1n) is 5.84. The lowest BCUT2D eigenvalue weighted by Crippen LogP contribution is -2.41. The minimum Gasteiger partial charge on any atom is -0.330 e. The van der Waals surface area contributed by atoms with Gasteiger partial charge in [0.05, 0.1) is 0 Å². The van der Waals surface area contributed by atoms with E-state index in [4.69, 9.17) is 5.73 Å². The van der Waals surface area contributed by atoms with Gasteiger partial charge in [0.15, 0.2) is 0 Å². The van der Waals surface area contributed by atoms with Crippen LogP contribution in [0.15, 0.2) is 0 Å². The molecular formula is C11H24Cl2N2. The second-order valence-electron chi connectivity index (χ2n) is 4.65. The molecule has 2 fully saturated rings. The molecule has 0 aromatic carbocycles. The van der Waals surface area contributed by atoms with Gasteiger partial charge in [-0.1, -0.05) is 12.8 Å². The molecule has 0 bridgehead atoms. The fourth-order valence-corrected chi connectivity index (χ4v) is 2.82. The van der Waals surface area contributed by atoms with Crippen LogP contribution in [0.25, 0.3) is 0 Å². The smallest absolute Gasteiger partial charge is 0.00952 e. The summed E-state index contributed by atoms with van der Waals surface area (Å²) in [7, 11) is 0. The fraction of sp³-hybridized carbons (Fsp3) is 1.00. The van der Waals surface area contributed by atoms with E-state index in [1.165, 1.54) is 51.6 Å². The summed E-state index contributed by atoms with van der Waals surface area (Å²) < 4.78 is 0. The topological polar surface area (TPSA) is 29.3 Å². The Hall–Kier alpha value is 0.500. The molecule has 0 spiro atoms. The van der Waals surface area contributed by atoms with E-state index in [-0.39, 0.29) is 24.8 Å². The molecule has 1 saturated carbocycles. The normalized spacial score (nSPS) is 24.6. The summed E-state index contributed by atoms with van der Waals surface area (Å²) in [4.78, 5) is 2.71. The number of likely N-dealkylation sites (tertiary alicyclic amines) is 1. The second-order valence-corrected chi connectivity index (χ2v) is 4.65. The molecule has 0 amide bonds. The van der Waals surface area contributed by atoms with Crippen LogP contribution in [0, 0.1) is 5.92 Å². The van der Waals surface area contributed by atoms with Crippen molar-refractivity contribution in [2.24, 2.45) is 11.7 Å². The Morgan fingerprint density at radius 1 is 0.933 bits per heavy atom. The first-order chi connectivity index (χ1) is 6.40. The summed E-state index contributed by atoms with van der Waals surface area (Å²) in [5.41, 5.74) is 5.68. The Balaban J connectivity index is 0.000000980. The quantitative estimate of drug-likeness (QED) is 0.821. The van der Waals surface area contributed by atoms with Gasteiger partial charge in [0.25, 0.3) is 0 Å². The zero-order chi connectivity index (χ0) is 9.10. The maximum absolute atomic E-state index is 5.68. The molecule has 0 unspecified atom stereocenters. The van der Waals surface area contributed by atoms with Crippen LogP contribution in [0.5, 0.6) is 0 Å². The van der Waals surface area contributed by atoms with Gasteiger partial charge in [0.1, 0.15) is 0 Å². The molecule has 2 aliphatic rings. The minimum atomic E-state index is 0. The van der Waals surface area contributed by atoms with Gasteiger partial charge in [-0.3, -0.25) is 0 Å². The van der Waals surface area contributed by atoms with E-state index < -0.39 is 0 Å². The summed E-state index contributed by atoms with van der Waals surface area (Å²) in [6.45, 7) is 3.53. The summed E-state index contributed by atoms with van der Waals surface area (Å²) in [5.74, 6) is 0.817. The van der Waals surface area contributed by atoms with Crippen molar-refractivity contribution < 1.29 is 0 Å². The first-order valence-corrected chi connectivity index (χ1v) is 5.84. The van der Waals surface area contributed by atoms with E-state index in [2.05, 4.69) is 4.90 Å². The van der Waals surface area contributed by atoms with Gasteiger partial charge in [-0.15, -0.1) is 24.8 Å². The van der Waals surface area contributed by atoms with Gasteiger partial charge in [0, 0.05) is 6.04 Å². The molecule has 4 heteroatoms. The zero-order valence-electron chi connectivity index (χ0n) is 9.36. The van der Waals surface area contributed by atoms with E-state index in [1.807, 2.05) is 0 Å². The third kappa shape index (κ3) is 4.10. The van der Waals surface area contributed by atoms with Gasteiger partial charge in [-0.25, -0.2) is 0 Å². The molecule has 0 atom stereocenters. The number of rotatable bonds is 2. The number of halogens is 2. The minimum absolute atomic E-state index is 0. The van der Waals surface area contributed by atoms with Crippen molar-refractivity contribution >= 4 is 24.8 Å². The number of nitrogens with two attached hydrogens (primary N) is 1. The van der Waals surface area contributed by atoms with Crippen LogP contribution in [0.1, 0.15) is 38.5 Å². The summed E-state index contributed by atoms with van der Waals surface area (Å²) >= 11 is 0. The highest BCUT2D eigenvalue weighted by molar-refractivity contribution is 5.85. The largest absolute Gasteiger partial charge is 0.330 e. The van der Waals surface area contributed by atoms with Gasteiger partial charge in [-0.2, -0.15) is 0 Å². The van der Waals surface area contributed by atoms with Gasteiger partial charge in [0.2, 0.25) is 0 Å². The standard InChI is InChI=1S/C11H22N2.2ClH/c12-9-10-5-7-13(8-6-10)11-3-1-2-4-11;;/h10-11H,1-9,12H2;2*1H. The summed E-state index contributed by atoms with van der Waals surface area (Å²) in [6.07, 6.45) is 8.50. The lowest BCUT2D eigenvalue weighted by atomic mass is 9.96. The molecular weight excluding hydrogens is 231 g/mol. The Bertz CT molecular complexity index is 153. The lowest BCUT2D eigenvalue weighted by Gasteiger charge is -2.35. The van der Waals surface area contributed by atoms with E-state index in [1.54, 1.807) is 0 Å². The molecule has 2 N–H and O–H groups in total. The molecule has 1 heterocycles. The number of piperidine rings is 1. The van der Waals surface area contributed by atoms with Crippen molar-refractivity contribution in [3.63, 3.8) is 0 Å². The fourth-order valence-electron chi connectivity index (χ4n) is 2.82. The van der Waals surface area contributed by atoms with Crippen LogP contribution < -0.4 is 5.73 Å². The molecule has 1 aliphatic heterocycles. The Labute approximate surface area is 106 Å². The van der Waals surface area contributed by atoms with Crippen LogP contribution >= 0.6 is 24.8 Å². The Kier molecular flexibility index (Phi) is 7.98. The lowest BCUT2D eigenvalue weighted by molar-refractivity contribution is 0.136. The predicted octanol–water partition coefficient (Wildman–Crippen LogP) is 2.44. The average Bonchev–Trinajstić information content (AvgIpc) is 2.71. The molecule has 15 heavy (non-hydrogen) atoms. The maximum atomic E-state index is 5.68. The van der Waals surface area contributed by atoms with Crippen LogP contribution in [-0.2, 0) is 0 Å². The molecule has 0 radical (unpaired) electrons. The van der Waals surface area contributed by atoms with Crippen molar-refractivity contribution in [3.05, 3.63) is 0 Å². The average molecular weight is 255 g/mol. The number of nitrogens with zero attached hydrogens (tertiary/aromatic N) is 1. The SMILES string of the molecule is Cl.Cl.NCC1CCN(C2CCCC2)CC1. The first kappa shape index (κ1) is 15.5. The molecule has 92 valence electrons. The highest BCUT2D eigenvalue weighted by Crippen LogP contribution is 2.27. The van der Waals surface area contributed by atoms with Gasteiger partial charge >= 0.3 is 0 Å². The molecule has 0 aromatic heterocycles. The molecule has 0 aromatic rings. The van der Waals surface area contributed by atoms with Crippen molar-refractivity contribution in [2.75, 3.05) is 19.6 Å². The summed E-state index contributed by atoms with van der Waals surface area (Å²) in [5, 5.41) is 0.